The van der Waals surface area contributed by atoms with Gasteiger partial charge >= 0.3 is 5.97 Å². The summed E-state index contributed by atoms with van der Waals surface area (Å²) in [5, 5.41) is 17.9. The van der Waals surface area contributed by atoms with Gasteiger partial charge in [-0.05, 0) is 61.0 Å². The summed E-state index contributed by atoms with van der Waals surface area (Å²) in [7, 11) is -3.68. The van der Waals surface area contributed by atoms with Gasteiger partial charge in [0.2, 0.25) is 10.0 Å². The van der Waals surface area contributed by atoms with E-state index >= 15 is 0 Å². The molecule has 1 heterocycles. The maximum absolute atomic E-state index is 11.3. The van der Waals surface area contributed by atoms with Crippen LogP contribution in [0.1, 0.15) is 21.7 Å². The SMILES string of the molecule is NS(=O)(=O)c1ccc(CCNCc2ccc(-c3cc(C(=O)O)ccc3Cl)o2)cc1. The topological polar surface area (TPSA) is 123 Å². The van der Waals surface area contributed by atoms with Crippen molar-refractivity contribution in [3.8, 4) is 11.3 Å². The normalized spacial score (nSPS) is 11.5. The first-order valence-corrected chi connectivity index (χ1v) is 10.6. The molecule has 0 spiro atoms. The van der Waals surface area contributed by atoms with Gasteiger partial charge in [0.25, 0.3) is 0 Å². The Hall–Kier alpha value is -2.65. The zero-order valence-corrected chi connectivity index (χ0v) is 16.8. The number of benzene rings is 2. The van der Waals surface area contributed by atoms with Crippen molar-refractivity contribution < 1.29 is 22.7 Å². The van der Waals surface area contributed by atoms with E-state index < -0.39 is 16.0 Å². The average Bonchev–Trinajstić information content (AvgIpc) is 3.14. The van der Waals surface area contributed by atoms with Crippen molar-refractivity contribution in [2.75, 3.05) is 6.54 Å². The van der Waals surface area contributed by atoms with Crippen molar-refractivity contribution in [2.24, 2.45) is 5.14 Å². The number of furan rings is 1. The minimum Gasteiger partial charge on any atom is -0.478 e. The van der Waals surface area contributed by atoms with E-state index in [4.69, 9.17) is 26.3 Å². The van der Waals surface area contributed by atoms with Crippen molar-refractivity contribution in [3.63, 3.8) is 0 Å². The van der Waals surface area contributed by atoms with Gasteiger partial charge in [0, 0.05) is 5.56 Å². The van der Waals surface area contributed by atoms with Gasteiger partial charge in [-0.3, -0.25) is 0 Å². The highest BCUT2D eigenvalue weighted by molar-refractivity contribution is 7.89. The zero-order valence-electron chi connectivity index (χ0n) is 15.3. The highest BCUT2D eigenvalue weighted by Gasteiger charge is 2.12. The van der Waals surface area contributed by atoms with Crippen molar-refractivity contribution >= 4 is 27.6 Å². The van der Waals surface area contributed by atoms with Crippen LogP contribution in [0.2, 0.25) is 5.02 Å². The lowest BCUT2D eigenvalue weighted by molar-refractivity contribution is 0.0697. The fourth-order valence-corrected chi connectivity index (χ4v) is 3.48. The number of carboxylic acid groups (broad SMARTS) is 1. The van der Waals surface area contributed by atoms with Crippen LogP contribution in [-0.4, -0.2) is 26.0 Å². The first-order chi connectivity index (χ1) is 13.7. The molecule has 3 rings (SSSR count). The molecule has 7 nitrogen and oxygen atoms in total. The first kappa shape index (κ1) is 21.1. The molecular formula is C20H19ClN2O5S. The summed E-state index contributed by atoms with van der Waals surface area (Å²) in [6, 6.07) is 14.4. The summed E-state index contributed by atoms with van der Waals surface area (Å²) in [6.07, 6.45) is 0.699. The Morgan fingerprint density at radius 1 is 1.10 bits per heavy atom. The number of hydrogen-bond acceptors (Lipinski definition) is 5. The fraction of sp³-hybridized carbons (Fsp3) is 0.150. The molecular weight excluding hydrogens is 416 g/mol. The zero-order chi connectivity index (χ0) is 21.0. The number of sulfonamides is 1. The van der Waals surface area contributed by atoms with Crippen molar-refractivity contribution in [2.45, 2.75) is 17.9 Å². The predicted octanol–water partition coefficient (Wildman–Crippen LogP) is 3.28. The smallest absolute Gasteiger partial charge is 0.335 e. The van der Waals surface area contributed by atoms with Crippen LogP contribution in [0.15, 0.2) is 63.9 Å². The maximum Gasteiger partial charge on any atom is 0.335 e. The molecule has 1 aromatic heterocycles. The molecule has 0 unspecified atom stereocenters. The van der Waals surface area contributed by atoms with Crippen LogP contribution in [0.4, 0.5) is 0 Å². The molecule has 152 valence electrons. The van der Waals surface area contributed by atoms with E-state index in [1.54, 1.807) is 24.3 Å². The molecule has 0 atom stereocenters. The highest BCUT2D eigenvalue weighted by atomic mass is 35.5. The standard InChI is InChI=1S/C20H19ClN2O5S/c21-18-7-3-14(20(24)25)11-17(18)19-8-4-15(28-19)12-23-10-9-13-1-5-16(6-2-13)29(22,26)27/h1-8,11,23H,9-10,12H2,(H,24,25)(H2,22,26,27). The molecule has 0 aliphatic heterocycles. The molecule has 3 aromatic rings. The molecule has 0 aliphatic rings. The van der Waals surface area contributed by atoms with Crippen molar-refractivity contribution in [1.82, 2.24) is 5.32 Å². The third-order valence-corrected chi connectivity index (χ3v) is 5.54. The van der Waals surface area contributed by atoms with E-state index in [0.29, 0.717) is 41.6 Å². The lowest BCUT2D eigenvalue weighted by atomic mass is 10.1. The van der Waals surface area contributed by atoms with Gasteiger partial charge in [-0.25, -0.2) is 18.4 Å². The van der Waals surface area contributed by atoms with E-state index in [0.717, 1.165) is 5.56 Å². The summed E-state index contributed by atoms with van der Waals surface area (Å²) >= 11 is 6.16. The van der Waals surface area contributed by atoms with Crippen molar-refractivity contribution in [3.05, 3.63) is 76.5 Å². The molecule has 29 heavy (non-hydrogen) atoms. The molecule has 9 heteroatoms. The summed E-state index contributed by atoms with van der Waals surface area (Å²) in [4.78, 5) is 11.2. The molecule has 0 fully saturated rings. The number of primary sulfonamides is 1. The highest BCUT2D eigenvalue weighted by Crippen LogP contribution is 2.30. The number of carboxylic acids is 1. The van der Waals surface area contributed by atoms with E-state index in [-0.39, 0.29) is 10.5 Å². The second-order valence-electron chi connectivity index (χ2n) is 6.38. The molecule has 0 aliphatic carbocycles. The quantitative estimate of drug-likeness (QED) is 0.467. The van der Waals surface area contributed by atoms with E-state index in [2.05, 4.69) is 5.32 Å². The van der Waals surface area contributed by atoms with E-state index in [1.165, 1.54) is 30.3 Å². The maximum atomic E-state index is 11.3. The van der Waals surface area contributed by atoms with E-state index in [1.807, 2.05) is 0 Å². The van der Waals surface area contributed by atoms with Crippen LogP contribution >= 0.6 is 11.6 Å². The predicted molar refractivity (Wildman–Crippen MR) is 109 cm³/mol. The summed E-state index contributed by atoms with van der Waals surface area (Å²) < 4.78 is 28.3. The molecule has 4 N–H and O–H groups in total. The molecule has 0 saturated carbocycles. The van der Waals surface area contributed by atoms with Gasteiger partial charge in [0.1, 0.15) is 11.5 Å². The Bertz CT molecular complexity index is 1120. The van der Waals surface area contributed by atoms with Gasteiger partial charge in [-0.15, -0.1) is 0 Å². The number of nitrogens with two attached hydrogens (primary N) is 1. The largest absolute Gasteiger partial charge is 0.478 e. The van der Waals surface area contributed by atoms with Gasteiger partial charge in [-0.1, -0.05) is 23.7 Å². The summed E-state index contributed by atoms with van der Waals surface area (Å²) in [5.74, 6) is 0.142. The minimum absolute atomic E-state index is 0.0861. The Labute approximate surface area is 173 Å². The Morgan fingerprint density at radius 2 is 1.83 bits per heavy atom. The second kappa shape index (κ2) is 8.79. The fourth-order valence-electron chi connectivity index (χ4n) is 2.75. The Balaban J connectivity index is 1.56. The lowest BCUT2D eigenvalue weighted by Gasteiger charge is -2.05. The third kappa shape index (κ3) is 5.45. The number of aromatic carboxylic acids is 1. The van der Waals surface area contributed by atoms with Gasteiger partial charge in [-0.2, -0.15) is 0 Å². The van der Waals surface area contributed by atoms with Gasteiger partial charge in [0.15, 0.2) is 0 Å². The number of nitrogens with one attached hydrogen (secondary N) is 1. The molecule has 0 radical (unpaired) electrons. The number of halogens is 1. The van der Waals surface area contributed by atoms with Gasteiger partial charge in [0.05, 0.1) is 22.0 Å². The van der Waals surface area contributed by atoms with Crippen LogP contribution in [0, 0.1) is 0 Å². The van der Waals surface area contributed by atoms with Crippen LogP contribution in [0.25, 0.3) is 11.3 Å². The number of carbonyl (C=O) groups is 1. The number of rotatable bonds is 8. The van der Waals surface area contributed by atoms with E-state index in [9.17, 15) is 13.2 Å². The van der Waals surface area contributed by atoms with Crippen LogP contribution in [0.3, 0.4) is 0 Å². The molecule has 2 aromatic carbocycles. The molecule has 0 bridgehead atoms. The van der Waals surface area contributed by atoms with Crippen molar-refractivity contribution in [1.29, 1.82) is 0 Å². The first-order valence-electron chi connectivity index (χ1n) is 8.68. The van der Waals surface area contributed by atoms with Crippen LogP contribution in [-0.2, 0) is 23.0 Å². The second-order valence-corrected chi connectivity index (χ2v) is 8.35. The lowest BCUT2D eigenvalue weighted by Crippen LogP contribution is -2.16. The Morgan fingerprint density at radius 3 is 2.48 bits per heavy atom. The third-order valence-electron chi connectivity index (χ3n) is 4.28. The van der Waals surface area contributed by atoms with Crippen LogP contribution < -0.4 is 10.5 Å². The molecule has 0 saturated heterocycles. The van der Waals surface area contributed by atoms with Crippen LogP contribution in [0.5, 0.6) is 0 Å². The monoisotopic (exact) mass is 434 g/mol. The average molecular weight is 435 g/mol. The summed E-state index contributed by atoms with van der Waals surface area (Å²) in [5.41, 5.74) is 1.63. The minimum atomic E-state index is -3.68. The summed E-state index contributed by atoms with van der Waals surface area (Å²) in [6.45, 7) is 1.13. The van der Waals surface area contributed by atoms with Gasteiger partial charge < -0.3 is 14.8 Å². The number of hydrogen-bond donors (Lipinski definition) is 3. The molecule has 0 amide bonds. The Kier molecular flexibility index (Phi) is 6.39.